The Bertz CT molecular complexity index is 1620. The number of carbonyl (C=O) groups is 1. The molecule has 0 saturated carbocycles. The lowest BCUT2D eigenvalue weighted by molar-refractivity contribution is -0.120. The Morgan fingerprint density at radius 2 is 1.68 bits per heavy atom. The molecule has 2 aromatic carbocycles. The zero-order valence-electron chi connectivity index (χ0n) is 19.3. The third kappa shape index (κ3) is 3.64. The first-order valence-electron chi connectivity index (χ1n) is 11.3. The van der Waals surface area contributed by atoms with Crippen LogP contribution in [0.25, 0.3) is 27.5 Å². The Kier molecular flexibility index (Phi) is 5.45. The Morgan fingerprint density at radius 1 is 0.971 bits per heavy atom. The summed E-state index contributed by atoms with van der Waals surface area (Å²) < 4.78 is 3.35. The Balaban J connectivity index is 1.33. The molecule has 5 rings (SSSR count). The van der Waals surface area contributed by atoms with Crippen LogP contribution in [0.2, 0.25) is 0 Å². The number of amides is 1. The van der Waals surface area contributed by atoms with E-state index in [-0.39, 0.29) is 17.9 Å². The predicted octanol–water partition coefficient (Wildman–Crippen LogP) is 3.31. The number of aromatic nitrogens is 5. The molecule has 172 valence electrons. The van der Waals surface area contributed by atoms with Crippen LogP contribution in [0.5, 0.6) is 0 Å². The fourth-order valence-corrected chi connectivity index (χ4v) is 4.32. The molecule has 0 saturated heterocycles. The minimum absolute atomic E-state index is 0.151. The van der Waals surface area contributed by atoms with Gasteiger partial charge in [0.25, 0.3) is 5.56 Å². The number of nitrogens with zero attached hydrogens (tertiary/aromatic N) is 5. The fraction of sp³-hybridized carbons (Fsp3) is 0.240. The van der Waals surface area contributed by atoms with Crippen molar-refractivity contribution in [3.8, 4) is 0 Å². The highest BCUT2D eigenvalue weighted by molar-refractivity contribution is 5.92. The summed E-state index contributed by atoms with van der Waals surface area (Å²) in [6.07, 6.45) is 0.753. The predicted molar refractivity (Wildman–Crippen MR) is 132 cm³/mol. The highest BCUT2D eigenvalue weighted by atomic mass is 16.2. The molecule has 0 aliphatic rings. The summed E-state index contributed by atoms with van der Waals surface area (Å²) in [4.78, 5) is 34.6. The second kappa shape index (κ2) is 8.58. The second-order valence-electron chi connectivity index (χ2n) is 8.19. The van der Waals surface area contributed by atoms with Crippen molar-refractivity contribution in [2.75, 3.05) is 5.43 Å². The minimum atomic E-state index is -0.213. The summed E-state index contributed by atoms with van der Waals surface area (Å²) >= 11 is 0. The number of anilines is 1. The van der Waals surface area contributed by atoms with Gasteiger partial charge in [0.15, 0.2) is 5.65 Å². The molecule has 2 N–H and O–H groups in total. The molecular formula is C25H25N7O2. The van der Waals surface area contributed by atoms with Gasteiger partial charge in [0.2, 0.25) is 11.9 Å². The molecule has 0 bridgehead atoms. The molecule has 9 heteroatoms. The third-order valence-corrected chi connectivity index (χ3v) is 6.11. The lowest BCUT2D eigenvalue weighted by atomic mass is 10.1. The number of hydrazine groups is 1. The van der Waals surface area contributed by atoms with Gasteiger partial charge in [-0.2, -0.15) is 5.10 Å². The largest absolute Gasteiger partial charge is 0.277 e. The summed E-state index contributed by atoms with van der Waals surface area (Å²) in [5, 5.41) is 6.22. The van der Waals surface area contributed by atoms with Crippen molar-refractivity contribution in [3.05, 3.63) is 75.8 Å². The number of benzene rings is 2. The topological polar surface area (TPSA) is 106 Å². The van der Waals surface area contributed by atoms with E-state index in [4.69, 9.17) is 4.98 Å². The molecule has 1 amide bonds. The van der Waals surface area contributed by atoms with E-state index in [2.05, 4.69) is 20.9 Å². The third-order valence-electron chi connectivity index (χ3n) is 6.11. The maximum Gasteiger partial charge on any atom is 0.262 e. The lowest BCUT2D eigenvalue weighted by Gasteiger charge is -2.14. The van der Waals surface area contributed by atoms with E-state index >= 15 is 0 Å². The molecule has 0 aliphatic carbocycles. The maximum atomic E-state index is 12.7. The lowest BCUT2D eigenvalue weighted by Crippen LogP contribution is -2.34. The van der Waals surface area contributed by atoms with Crippen molar-refractivity contribution in [1.29, 1.82) is 0 Å². The van der Waals surface area contributed by atoms with Crippen LogP contribution in [0.3, 0.4) is 0 Å². The normalized spacial score (nSPS) is 11.4. The van der Waals surface area contributed by atoms with Gasteiger partial charge in [-0.25, -0.2) is 14.5 Å². The van der Waals surface area contributed by atoms with Gasteiger partial charge in [0.1, 0.15) is 0 Å². The highest BCUT2D eigenvalue weighted by Crippen LogP contribution is 2.23. The average molecular weight is 456 g/mol. The van der Waals surface area contributed by atoms with Crippen LogP contribution < -0.4 is 16.4 Å². The van der Waals surface area contributed by atoms with E-state index in [1.165, 1.54) is 4.57 Å². The van der Waals surface area contributed by atoms with Gasteiger partial charge in [-0.05, 0) is 57.0 Å². The monoisotopic (exact) mass is 455 g/mol. The number of aryl methyl sites for hydroxylation is 2. The minimum Gasteiger partial charge on any atom is -0.277 e. The Hall–Kier alpha value is -4.27. The number of para-hydroxylation sites is 1. The molecule has 3 aromatic heterocycles. The summed E-state index contributed by atoms with van der Waals surface area (Å²) in [5.74, 6) is 0.0906. The number of hydrogen-bond acceptors (Lipinski definition) is 6. The molecule has 0 unspecified atom stereocenters. The molecule has 5 aromatic rings. The Labute approximate surface area is 195 Å². The van der Waals surface area contributed by atoms with Crippen molar-refractivity contribution >= 4 is 39.3 Å². The smallest absolute Gasteiger partial charge is 0.262 e. The van der Waals surface area contributed by atoms with Gasteiger partial charge in [0.05, 0.1) is 16.4 Å². The number of fused-ring (bicyclic) bond motifs is 4. The highest BCUT2D eigenvalue weighted by Gasteiger charge is 2.15. The van der Waals surface area contributed by atoms with E-state index < -0.39 is 0 Å². The van der Waals surface area contributed by atoms with Gasteiger partial charge in [0, 0.05) is 29.7 Å². The molecule has 3 heterocycles. The fourth-order valence-electron chi connectivity index (χ4n) is 4.32. The van der Waals surface area contributed by atoms with Crippen molar-refractivity contribution in [3.63, 3.8) is 0 Å². The van der Waals surface area contributed by atoms with Gasteiger partial charge in [-0.3, -0.25) is 25.0 Å². The molecule has 0 spiro atoms. The quantitative estimate of drug-likeness (QED) is 0.381. The number of hydrogen-bond donors (Lipinski definition) is 2. The summed E-state index contributed by atoms with van der Waals surface area (Å²) in [6, 6.07) is 15.1. The first-order valence-corrected chi connectivity index (χ1v) is 11.3. The van der Waals surface area contributed by atoms with Gasteiger partial charge in [-0.15, -0.1) is 0 Å². The standard InChI is InChI=1S/C25H25N7O2/c1-4-31-24(34)19-10-6-7-11-20(19)27-25(31)29-28-22(33)14-13-17-15(2)26-23-18-9-5-8-12-21(18)30-32(23)16(17)3/h5-12H,4,13-14H2,1-3H3,(H,27,29)(H,28,33). The summed E-state index contributed by atoms with van der Waals surface area (Å²) in [7, 11) is 0. The van der Waals surface area contributed by atoms with Gasteiger partial charge >= 0.3 is 0 Å². The second-order valence-corrected chi connectivity index (χ2v) is 8.19. The van der Waals surface area contributed by atoms with Crippen LogP contribution in [0.1, 0.15) is 30.3 Å². The molecular weight excluding hydrogens is 430 g/mol. The summed E-state index contributed by atoms with van der Waals surface area (Å²) in [6.45, 7) is 6.24. The zero-order chi connectivity index (χ0) is 23.8. The maximum absolute atomic E-state index is 12.7. The van der Waals surface area contributed by atoms with Gasteiger partial charge in [-0.1, -0.05) is 24.3 Å². The van der Waals surface area contributed by atoms with E-state index in [0.717, 1.165) is 33.5 Å². The van der Waals surface area contributed by atoms with Crippen LogP contribution in [0.4, 0.5) is 5.95 Å². The van der Waals surface area contributed by atoms with Crippen LogP contribution in [0.15, 0.2) is 53.3 Å². The molecule has 0 atom stereocenters. The van der Waals surface area contributed by atoms with Crippen molar-refractivity contribution in [1.82, 2.24) is 29.6 Å². The average Bonchev–Trinajstić information content (AvgIpc) is 3.21. The Morgan fingerprint density at radius 3 is 2.44 bits per heavy atom. The van der Waals surface area contributed by atoms with Crippen molar-refractivity contribution in [2.45, 2.75) is 40.2 Å². The van der Waals surface area contributed by atoms with E-state index in [9.17, 15) is 9.59 Å². The zero-order valence-corrected chi connectivity index (χ0v) is 19.3. The number of carbonyl (C=O) groups excluding carboxylic acids is 1. The van der Waals surface area contributed by atoms with Crippen LogP contribution in [-0.4, -0.2) is 30.1 Å². The SMILES string of the molecule is CCn1c(NNC(=O)CCc2c(C)nc3c4ccccc4nn3c2C)nc2ccccc2c1=O. The van der Waals surface area contributed by atoms with Crippen molar-refractivity contribution in [2.24, 2.45) is 0 Å². The number of rotatable bonds is 6. The van der Waals surface area contributed by atoms with E-state index in [0.29, 0.717) is 29.8 Å². The summed E-state index contributed by atoms with van der Waals surface area (Å²) in [5.41, 5.74) is 10.5. The molecule has 9 nitrogen and oxygen atoms in total. The van der Waals surface area contributed by atoms with Crippen LogP contribution in [-0.2, 0) is 17.8 Å². The van der Waals surface area contributed by atoms with E-state index in [1.54, 1.807) is 12.1 Å². The van der Waals surface area contributed by atoms with Gasteiger partial charge < -0.3 is 0 Å². The molecule has 0 radical (unpaired) electrons. The molecule has 0 aliphatic heterocycles. The molecule has 0 fully saturated rings. The van der Waals surface area contributed by atoms with Crippen LogP contribution >= 0.6 is 0 Å². The van der Waals surface area contributed by atoms with E-state index in [1.807, 2.05) is 61.7 Å². The first kappa shape index (κ1) is 21.6. The molecule has 34 heavy (non-hydrogen) atoms. The first-order chi connectivity index (χ1) is 16.5. The number of nitrogens with one attached hydrogen (secondary N) is 2. The van der Waals surface area contributed by atoms with Crippen LogP contribution in [0, 0.1) is 13.8 Å². The van der Waals surface area contributed by atoms with Crippen molar-refractivity contribution < 1.29 is 4.79 Å².